The SMILES string of the molecule is CNCc1cc(Nc2ccccc2)n(CC2CCCCC2)n1.Cl.Cl. The number of anilines is 2. The minimum Gasteiger partial charge on any atom is -0.340 e. The summed E-state index contributed by atoms with van der Waals surface area (Å²) in [4.78, 5) is 0. The minimum atomic E-state index is 0. The van der Waals surface area contributed by atoms with Gasteiger partial charge in [-0.2, -0.15) is 5.10 Å². The molecule has 1 aliphatic carbocycles. The van der Waals surface area contributed by atoms with Gasteiger partial charge in [-0.15, -0.1) is 24.8 Å². The van der Waals surface area contributed by atoms with Crippen LogP contribution in [-0.2, 0) is 13.1 Å². The predicted octanol–water partition coefficient (Wildman–Crippen LogP) is 4.77. The van der Waals surface area contributed by atoms with Gasteiger partial charge < -0.3 is 10.6 Å². The maximum atomic E-state index is 4.78. The number of para-hydroxylation sites is 1. The van der Waals surface area contributed by atoms with E-state index in [0.29, 0.717) is 0 Å². The Hall–Kier alpha value is -1.23. The first-order chi connectivity index (χ1) is 10.8. The van der Waals surface area contributed by atoms with Crippen LogP contribution in [0.1, 0.15) is 37.8 Å². The fourth-order valence-electron chi connectivity index (χ4n) is 3.26. The van der Waals surface area contributed by atoms with Crippen LogP contribution in [0.3, 0.4) is 0 Å². The Labute approximate surface area is 157 Å². The third-order valence-electron chi connectivity index (χ3n) is 4.39. The number of hydrogen-bond acceptors (Lipinski definition) is 3. The molecule has 134 valence electrons. The van der Waals surface area contributed by atoms with Crippen molar-refractivity contribution in [2.24, 2.45) is 5.92 Å². The smallest absolute Gasteiger partial charge is 0.128 e. The molecule has 1 aromatic carbocycles. The molecule has 0 aliphatic heterocycles. The summed E-state index contributed by atoms with van der Waals surface area (Å²) in [6, 6.07) is 12.5. The Balaban J connectivity index is 0.00000144. The van der Waals surface area contributed by atoms with Crippen molar-refractivity contribution in [1.29, 1.82) is 0 Å². The summed E-state index contributed by atoms with van der Waals surface area (Å²) in [6.45, 7) is 1.83. The van der Waals surface area contributed by atoms with Crippen molar-refractivity contribution in [3.05, 3.63) is 42.1 Å². The van der Waals surface area contributed by atoms with Gasteiger partial charge in [0.2, 0.25) is 0 Å². The van der Waals surface area contributed by atoms with Crippen molar-refractivity contribution in [1.82, 2.24) is 15.1 Å². The van der Waals surface area contributed by atoms with E-state index in [1.807, 2.05) is 13.1 Å². The van der Waals surface area contributed by atoms with Crippen LogP contribution in [0.2, 0.25) is 0 Å². The van der Waals surface area contributed by atoms with Crippen LogP contribution in [0.25, 0.3) is 0 Å². The summed E-state index contributed by atoms with van der Waals surface area (Å²) in [5.41, 5.74) is 2.21. The molecule has 4 nitrogen and oxygen atoms in total. The Morgan fingerprint density at radius 1 is 1.08 bits per heavy atom. The van der Waals surface area contributed by atoms with Crippen molar-refractivity contribution < 1.29 is 0 Å². The molecule has 0 atom stereocenters. The maximum absolute atomic E-state index is 4.78. The molecular formula is C18H28Cl2N4. The van der Waals surface area contributed by atoms with Crippen molar-refractivity contribution >= 4 is 36.3 Å². The Morgan fingerprint density at radius 2 is 1.79 bits per heavy atom. The highest BCUT2D eigenvalue weighted by Gasteiger charge is 2.17. The standard InChI is InChI=1S/C18H26N4.2ClH/c1-19-13-17-12-18(20-16-10-6-3-7-11-16)22(21-17)14-15-8-4-2-5-9-15;;/h3,6-7,10-12,15,19-20H,2,4-5,8-9,13-14H2,1H3;2*1H. The first-order valence-corrected chi connectivity index (χ1v) is 8.38. The van der Waals surface area contributed by atoms with Gasteiger partial charge in [0.25, 0.3) is 0 Å². The van der Waals surface area contributed by atoms with Crippen LogP contribution in [0.5, 0.6) is 0 Å². The highest BCUT2D eigenvalue weighted by atomic mass is 35.5. The molecule has 24 heavy (non-hydrogen) atoms. The van der Waals surface area contributed by atoms with Crippen LogP contribution >= 0.6 is 24.8 Å². The van der Waals surface area contributed by atoms with E-state index in [4.69, 9.17) is 5.10 Å². The molecule has 0 amide bonds. The number of rotatable bonds is 6. The Morgan fingerprint density at radius 3 is 2.46 bits per heavy atom. The fourth-order valence-corrected chi connectivity index (χ4v) is 3.26. The summed E-state index contributed by atoms with van der Waals surface area (Å²) < 4.78 is 2.16. The van der Waals surface area contributed by atoms with E-state index in [1.54, 1.807) is 0 Å². The summed E-state index contributed by atoms with van der Waals surface area (Å²) in [5, 5.41) is 11.5. The van der Waals surface area contributed by atoms with Gasteiger partial charge in [-0.3, -0.25) is 0 Å². The van der Waals surface area contributed by atoms with Gasteiger partial charge in [0.15, 0.2) is 0 Å². The molecule has 2 aromatic rings. The first-order valence-electron chi connectivity index (χ1n) is 8.38. The highest BCUT2D eigenvalue weighted by Crippen LogP contribution is 2.27. The van der Waals surface area contributed by atoms with Gasteiger partial charge in [0.05, 0.1) is 5.69 Å². The number of nitrogens with one attached hydrogen (secondary N) is 2. The molecular weight excluding hydrogens is 343 g/mol. The lowest BCUT2D eigenvalue weighted by molar-refractivity contribution is 0.309. The van der Waals surface area contributed by atoms with Crippen LogP contribution in [0.4, 0.5) is 11.5 Å². The van der Waals surface area contributed by atoms with Gasteiger partial charge in [-0.05, 0) is 37.9 Å². The summed E-state index contributed by atoms with van der Waals surface area (Å²) >= 11 is 0. The zero-order chi connectivity index (χ0) is 15.2. The maximum Gasteiger partial charge on any atom is 0.128 e. The number of benzene rings is 1. The van der Waals surface area contributed by atoms with Crippen LogP contribution in [0, 0.1) is 5.92 Å². The van der Waals surface area contributed by atoms with Gasteiger partial charge in [0, 0.05) is 24.8 Å². The topological polar surface area (TPSA) is 41.9 Å². The predicted molar refractivity (Wildman–Crippen MR) is 106 cm³/mol. The van der Waals surface area contributed by atoms with E-state index in [9.17, 15) is 0 Å². The zero-order valence-electron chi connectivity index (χ0n) is 14.2. The average molecular weight is 371 g/mol. The summed E-state index contributed by atoms with van der Waals surface area (Å²) in [7, 11) is 1.96. The van der Waals surface area contributed by atoms with Crippen LogP contribution in [0.15, 0.2) is 36.4 Å². The van der Waals surface area contributed by atoms with Gasteiger partial charge in [-0.25, -0.2) is 4.68 Å². The third-order valence-corrected chi connectivity index (χ3v) is 4.39. The quantitative estimate of drug-likeness (QED) is 0.769. The van der Waals surface area contributed by atoms with Crippen LogP contribution < -0.4 is 10.6 Å². The largest absolute Gasteiger partial charge is 0.340 e. The van der Waals surface area contributed by atoms with E-state index < -0.39 is 0 Å². The van der Waals surface area contributed by atoms with Gasteiger partial charge in [0.1, 0.15) is 5.82 Å². The molecule has 1 heterocycles. The van der Waals surface area contributed by atoms with Crippen molar-refractivity contribution in [2.45, 2.75) is 45.2 Å². The number of nitrogens with zero attached hydrogens (tertiary/aromatic N) is 2. The molecule has 0 bridgehead atoms. The zero-order valence-corrected chi connectivity index (χ0v) is 15.8. The highest BCUT2D eigenvalue weighted by molar-refractivity contribution is 5.85. The monoisotopic (exact) mass is 370 g/mol. The van der Waals surface area contributed by atoms with E-state index in [0.717, 1.165) is 36.2 Å². The lowest BCUT2D eigenvalue weighted by Gasteiger charge is -2.22. The van der Waals surface area contributed by atoms with E-state index in [2.05, 4.69) is 45.6 Å². The molecule has 1 aromatic heterocycles. The summed E-state index contributed by atoms with van der Waals surface area (Å²) in [5.74, 6) is 1.87. The first kappa shape index (κ1) is 20.8. The van der Waals surface area contributed by atoms with Crippen LogP contribution in [-0.4, -0.2) is 16.8 Å². The molecule has 1 aliphatic rings. The molecule has 6 heteroatoms. The lowest BCUT2D eigenvalue weighted by atomic mass is 9.89. The number of halogens is 2. The average Bonchev–Trinajstić information content (AvgIpc) is 2.91. The van der Waals surface area contributed by atoms with Crippen molar-refractivity contribution in [3.63, 3.8) is 0 Å². The second-order valence-electron chi connectivity index (χ2n) is 6.23. The van der Waals surface area contributed by atoms with Crippen molar-refractivity contribution in [2.75, 3.05) is 12.4 Å². The summed E-state index contributed by atoms with van der Waals surface area (Å²) in [6.07, 6.45) is 6.82. The molecule has 1 saturated carbocycles. The molecule has 3 rings (SSSR count). The normalized spacial score (nSPS) is 14.5. The Bertz CT molecular complexity index is 580. The molecule has 2 N–H and O–H groups in total. The number of aromatic nitrogens is 2. The van der Waals surface area contributed by atoms with E-state index in [1.165, 1.54) is 32.1 Å². The van der Waals surface area contributed by atoms with Gasteiger partial charge >= 0.3 is 0 Å². The molecule has 1 fully saturated rings. The fraction of sp³-hybridized carbons (Fsp3) is 0.500. The molecule has 0 saturated heterocycles. The molecule has 0 spiro atoms. The molecule has 0 unspecified atom stereocenters. The number of hydrogen-bond donors (Lipinski definition) is 2. The second-order valence-corrected chi connectivity index (χ2v) is 6.23. The second kappa shape index (κ2) is 10.6. The van der Waals surface area contributed by atoms with Gasteiger partial charge in [-0.1, -0.05) is 37.5 Å². The van der Waals surface area contributed by atoms with Crippen molar-refractivity contribution in [3.8, 4) is 0 Å². The molecule has 0 radical (unpaired) electrons. The lowest BCUT2D eigenvalue weighted by Crippen LogP contribution is -2.17. The van der Waals surface area contributed by atoms with E-state index >= 15 is 0 Å². The third kappa shape index (κ3) is 5.69. The minimum absolute atomic E-state index is 0. The van der Waals surface area contributed by atoms with E-state index in [-0.39, 0.29) is 24.8 Å². The Kier molecular flexibility index (Phi) is 9.19.